The summed E-state index contributed by atoms with van der Waals surface area (Å²) in [5, 5.41) is 11.7. The Balaban J connectivity index is 3.89. The minimum atomic E-state index is -0.258. The number of methoxy groups -OCH3 is 1. The summed E-state index contributed by atoms with van der Waals surface area (Å²) in [5.41, 5.74) is 0. The molecule has 2 atom stereocenters. The molecule has 2 N–H and O–H groups in total. The summed E-state index contributed by atoms with van der Waals surface area (Å²) in [7, 11) is 1.38. The lowest BCUT2D eigenvalue weighted by molar-refractivity contribution is -0.143. The highest BCUT2D eigenvalue weighted by molar-refractivity contribution is 5.75. The van der Waals surface area contributed by atoms with E-state index in [-0.39, 0.29) is 24.7 Å². The van der Waals surface area contributed by atoms with Crippen molar-refractivity contribution in [2.45, 2.75) is 38.8 Å². The molecule has 4 heteroatoms. The molecule has 2 unspecified atom stereocenters. The standard InChI is InChI=1S/C9H19NO3/c1-4-8(9(12)13-3)10-7(2)5-6-11/h7-8,10-11H,4-6H2,1-3H3. The monoisotopic (exact) mass is 189 g/mol. The van der Waals surface area contributed by atoms with Gasteiger partial charge in [-0.25, -0.2) is 0 Å². The lowest BCUT2D eigenvalue weighted by Gasteiger charge is -2.19. The Morgan fingerprint density at radius 3 is 2.62 bits per heavy atom. The summed E-state index contributed by atoms with van der Waals surface area (Å²) in [6, 6.07) is -0.124. The van der Waals surface area contributed by atoms with E-state index in [0.29, 0.717) is 12.8 Å². The van der Waals surface area contributed by atoms with Gasteiger partial charge in [-0.05, 0) is 19.8 Å². The molecule has 0 aliphatic heterocycles. The molecule has 78 valence electrons. The number of nitrogens with one attached hydrogen (secondary N) is 1. The Bertz CT molecular complexity index is 150. The van der Waals surface area contributed by atoms with Crippen LogP contribution in [-0.4, -0.2) is 36.9 Å². The molecule has 0 aromatic carbocycles. The first kappa shape index (κ1) is 12.4. The quantitative estimate of drug-likeness (QED) is 0.590. The molecule has 0 aliphatic carbocycles. The van der Waals surface area contributed by atoms with Crippen LogP contribution in [0.1, 0.15) is 26.7 Å². The highest BCUT2D eigenvalue weighted by atomic mass is 16.5. The van der Waals surface area contributed by atoms with Gasteiger partial charge in [0.05, 0.1) is 7.11 Å². The zero-order chi connectivity index (χ0) is 10.3. The largest absolute Gasteiger partial charge is 0.468 e. The molecule has 0 heterocycles. The number of hydrogen-bond acceptors (Lipinski definition) is 4. The minimum absolute atomic E-state index is 0.131. The van der Waals surface area contributed by atoms with E-state index in [1.54, 1.807) is 0 Å². The first-order valence-corrected chi connectivity index (χ1v) is 4.60. The molecule has 0 amide bonds. The fourth-order valence-corrected chi connectivity index (χ4v) is 1.12. The van der Waals surface area contributed by atoms with Gasteiger partial charge in [0.1, 0.15) is 6.04 Å². The van der Waals surface area contributed by atoms with Crippen LogP contribution >= 0.6 is 0 Å². The number of aliphatic hydroxyl groups excluding tert-OH is 1. The Morgan fingerprint density at radius 2 is 2.23 bits per heavy atom. The molecular weight excluding hydrogens is 170 g/mol. The maximum absolute atomic E-state index is 11.1. The summed E-state index contributed by atoms with van der Waals surface area (Å²) in [5.74, 6) is -0.243. The predicted octanol–water partition coefficient (Wildman–Crippen LogP) is 0.298. The molecule has 0 spiro atoms. The lowest BCUT2D eigenvalue weighted by atomic mass is 10.1. The van der Waals surface area contributed by atoms with Gasteiger partial charge < -0.3 is 15.2 Å². The normalized spacial score (nSPS) is 15.1. The highest BCUT2D eigenvalue weighted by Gasteiger charge is 2.18. The van der Waals surface area contributed by atoms with Crippen LogP contribution in [0, 0.1) is 0 Å². The Morgan fingerprint density at radius 1 is 1.62 bits per heavy atom. The van der Waals surface area contributed by atoms with Gasteiger partial charge in [0, 0.05) is 12.6 Å². The van der Waals surface area contributed by atoms with Gasteiger partial charge in [0.15, 0.2) is 0 Å². The zero-order valence-electron chi connectivity index (χ0n) is 8.54. The van der Waals surface area contributed by atoms with Crippen molar-refractivity contribution in [2.24, 2.45) is 0 Å². The Kier molecular flexibility index (Phi) is 6.54. The Labute approximate surface area is 79.3 Å². The van der Waals surface area contributed by atoms with E-state index in [1.807, 2.05) is 13.8 Å². The van der Waals surface area contributed by atoms with Crippen LogP contribution in [0.3, 0.4) is 0 Å². The SMILES string of the molecule is CCC(NC(C)CCO)C(=O)OC. The van der Waals surface area contributed by atoms with Crippen LogP contribution in [-0.2, 0) is 9.53 Å². The van der Waals surface area contributed by atoms with Gasteiger partial charge >= 0.3 is 5.97 Å². The van der Waals surface area contributed by atoms with Gasteiger partial charge in [0.25, 0.3) is 0 Å². The first-order chi connectivity index (χ1) is 6.15. The fraction of sp³-hybridized carbons (Fsp3) is 0.889. The third-order valence-corrected chi connectivity index (χ3v) is 1.94. The van der Waals surface area contributed by atoms with Crippen molar-refractivity contribution < 1.29 is 14.6 Å². The topological polar surface area (TPSA) is 58.6 Å². The van der Waals surface area contributed by atoms with E-state index >= 15 is 0 Å². The van der Waals surface area contributed by atoms with Crippen LogP contribution in [0.15, 0.2) is 0 Å². The molecule has 0 aromatic heterocycles. The van der Waals surface area contributed by atoms with Crippen LogP contribution in [0.4, 0.5) is 0 Å². The summed E-state index contributed by atoms with van der Waals surface area (Å²) < 4.78 is 4.62. The number of hydrogen-bond donors (Lipinski definition) is 2. The van der Waals surface area contributed by atoms with Crippen molar-refractivity contribution in [1.82, 2.24) is 5.32 Å². The Hall–Kier alpha value is -0.610. The molecule has 0 aromatic rings. The second-order valence-electron chi connectivity index (χ2n) is 3.06. The van der Waals surface area contributed by atoms with Crippen molar-refractivity contribution in [1.29, 1.82) is 0 Å². The maximum atomic E-state index is 11.1. The molecule has 4 nitrogen and oxygen atoms in total. The van der Waals surface area contributed by atoms with E-state index < -0.39 is 0 Å². The molecule has 0 fully saturated rings. The fourth-order valence-electron chi connectivity index (χ4n) is 1.12. The molecule has 13 heavy (non-hydrogen) atoms. The van der Waals surface area contributed by atoms with Crippen molar-refractivity contribution in [3.05, 3.63) is 0 Å². The van der Waals surface area contributed by atoms with E-state index in [4.69, 9.17) is 5.11 Å². The highest BCUT2D eigenvalue weighted by Crippen LogP contribution is 1.98. The smallest absolute Gasteiger partial charge is 0.322 e. The van der Waals surface area contributed by atoms with Gasteiger partial charge in [-0.3, -0.25) is 4.79 Å². The van der Waals surface area contributed by atoms with Crippen molar-refractivity contribution in [3.63, 3.8) is 0 Å². The number of carbonyl (C=O) groups excluding carboxylic acids is 1. The summed E-state index contributed by atoms with van der Waals surface area (Å²) >= 11 is 0. The first-order valence-electron chi connectivity index (χ1n) is 4.60. The van der Waals surface area contributed by atoms with Gasteiger partial charge in [-0.15, -0.1) is 0 Å². The van der Waals surface area contributed by atoms with Crippen LogP contribution < -0.4 is 5.32 Å². The van der Waals surface area contributed by atoms with Crippen molar-refractivity contribution in [2.75, 3.05) is 13.7 Å². The zero-order valence-corrected chi connectivity index (χ0v) is 8.54. The average molecular weight is 189 g/mol. The van der Waals surface area contributed by atoms with E-state index in [2.05, 4.69) is 10.1 Å². The van der Waals surface area contributed by atoms with Crippen LogP contribution in [0.2, 0.25) is 0 Å². The summed E-state index contributed by atoms with van der Waals surface area (Å²) in [6.45, 7) is 3.98. The third kappa shape index (κ3) is 4.85. The minimum Gasteiger partial charge on any atom is -0.468 e. The van der Waals surface area contributed by atoms with Crippen LogP contribution in [0.25, 0.3) is 0 Å². The second-order valence-corrected chi connectivity index (χ2v) is 3.06. The molecule has 0 saturated carbocycles. The molecular formula is C9H19NO3. The molecule has 0 aliphatic rings. The second kappa shape index (κ2) is 6.86. The number of rotatable bonds is 6. The van der Waals surface area contributed by atoms with E-state index in [9.17, 15) is 4.79 Å². The maximum Gasteiger partial charge on any atom is 0.322 e. The summed E-state index contributed by atoms with van der Waals surface area (Å²) in [4.78, 5) is 11.1. The number of ether oxygens (including phenoxy) is 1. The van der Waals surface area contributed by atoms with Crippen LogP contribution in [0.5, 0.6) is 0 Å². The van der Waals surface area contributed by atoms with Crippen molar-refractivity contribution >= 4 is 5.97 Å². The molecule has 0 rings (SSSR count). The van der Waals surface area contributed by atoms with Crippen molar-refractivity contribution in [3.8, 4) is 0 Å². The van der Waals surface area contributed by atoms with Gasteiger partial charge in [-0.2, -0.15) is 0 Å². The van der Waals surface area contributed by atoms with Gasteiger partial charge in [0.2, 0.25) is 0 Å². The molecule has 0 saturated heterocycles. The number of aliphatic hydroxyl groups is 1. The van der Waals surface area contributed by atoms with E-state index in [1.165, 1.54) is 7.11 Å². The predicted molar refractivity (Wildman–Crippen MR) is 50.4 cm³/mol. The lowest BCUT2D eigenvalue weighted by Crippen LogP contribution is -2.42. The van der Waals surface area contributed by atoms with Gasteiger partial charge in [-0.1, -0.05) is 6.92 Å². The molecule has 0 bridgehead atoms. The number of carbonyl (C=O) groups is 1. The summed E-state index contributed by atoms with van der Waals surface area (Å²) in [6.07, 6.45) is 1.34. The molecule has 0 radical (unpaired) electrons. The number of esters is 1. The van der Waals surface area contributed by atoms with E-state index in [0.717, 1.165) is 0 Å². The average Bonchev–Trinajstić information content (AvgIpc) is 2.13. The third-order valence-electron chi connectivity index (χ3n) is 1.94.